The van der Waals surface area contributed by atoms with Crippen LogP contribution in [0, 0.1) is 0 Å². The molecule has 1 unspecified atom stereocenters. The lowest BCUT2D eigenvalue weighted by Crippen LogP contribution is -2.38. The van der Waals surface area contributed by atoms with Crippen LogP contribution in [-0.4, -0.2) is 29.0 Å². The zero-order valence-electron chi connectivity index (χ0n) is 12.1. The Morgan fingerprint density at radius 2 is 2.30 bits per heavy atom. The molecule has 0 saturated heterocycles. The molecule has 1 aromatic rings. The topological polar surface area (TPSA) is 66.6 Å². The molecule has 1 aliphatic carbocycles. The van der Waals surface area contributed by atoms with Gasteiger partial charge in [-0.2, -0.15) is 0 Å². The van der Waals surface area contributed by atoms with Crippen molar-refractivity contribution in [3.05, 3.63) is 29.3 Å². The number of fused-ring (bicyclic) bond motifs is 1. The third-order valence-corrected chi connectivity index (χ3v) is 4.01. The summed E-state index contributed by atoms with van der Waals surface area (Å²) in [5, 5.41) is 9.61. The van der Waals surface area contributed by atoms with E-state index in [-0.39, 0.29) is 11.9 Å². The zero-order chi connectivity index (χ0) is 14.5. The predicted molar refractivity (Wildman–Crippen MR) is 79.5 cm³/mol. The standard InChI is InChI=1S/C16H24N2O2/c1-2-3-9-18(11-16(17)20)15-6-4-5-12-10-13(19)7-8-14(12)15/h7-8,10,15,19H,2-6,9,11H2,1H3,(H2,17,20). The highest BCUT2D eigenvalue weighted by Gasteiger charge is 2.26. The van der Waals surface area contributed by atoms with Gasteiger partial charge in [-0.3, -0.25) is 9.69 Å². The summed E-state index contributed by atoms with van der Waals surface area (Å²) in [6.07, 6.45) is 5.30. The lowest BCUT2D eigenvalue weighted by molar-refractivity contribution is -0.119. The largest absolute Gasteiger partial charge is 0.508 e. The number of amides is 1. The highest BCUT2D eigenvalue weighted by Crippen LogP contribution is 2.35. The number of nitrogens with zero attached hydrogens (tertiary/aromatic N) is 1. The Balaban J connectivity index is 2.23. The van der Waals surface area contributed by atoms with E-state index in [0.29, 0.717) is 12.3 Å². The van der Waals surface area contributed by atoms with Gasteiger partial charge in [-0.15, -0.1) is 0 Å². The van der Waals surface area contributed by atoms with E-state index in [1.54, 1.807) is 6.07 Å². The van der Waals surface area contributed by atoms with E-state index in [1.807, 2.05) is 12.1 Å². The van der Waals surface area contributed by atoms with Crippen molar-refractivity contribution in [1.29, 1.82) is 0 Å². The molecule has 0 spiro atoms. The molecular formula is C16H24N2O2. The van der Waals surface area contributed by atoms with Crippen LogP contribution in [-0.2, 0) is 11.2 Å². The zero-order valence-corrected chi connectivity index (χ0v) is 12.1. The summed E-state index contributed by atoms with van der Waals surface area (Å²) in [5.74, 6) is 0.0476. The summed E-state index contributed by atoms with van der Waals surface area (Å²) in [4.78, 5) is 13.5. The second-order valence-corrected chi connectivity index (χ2v) is 5.58. The Morgan fingerprint density at radius 1 is 1.50 bits per heavy atom. The fraction of sp³-hybridized carbons (Fsp3) is 0.562. The number of carbonyl (C=O) groups is 1. The molecule has 0 fully saturated rings. The summed E-state index contributed by atoms with van der Waals surface area (Å²) in [6.45, 7) is 3.35. The van der Waals surface area contributed by atoms with Gasteiger partial charge in [-0.05, 0) is 55.5 Å². The first kappa shape index (κ1) is 14.9. The normalized spacial score (nSPS) is 18.0. The molecule has 3 N–H and O–H groups in total. The number of carbonyl (C=O) groups excluding carboxylic acids is 1. The van der Waals surface area contributed by atoms with Crippen LogP contribution in [0.3, 0.4) is 0 Å². The van der Waals surface area contributed by atoms with E-state index in [1.165, 1.54) is 11.1 Å². The van der Waals surface area contributed by atoms with Crippen molar-refractivity contribution < 1.29 is 9.90 Å². The van der Waals surface area contributed by atoms with Crippen LogP contribution >= 0.6 is 0 Å². The van der Waals surface area contributed by atoms with Gasteiger partial charge in [-0.1, -0.05) is 19.4 Å². The summed E-state index contributed by atoms with van der Waals surface area (Å²) in [5.41, 5.74) is 7.84. The second kappa shape index (κ2) is 6.75. The van der Waals surface area contributed by atoms with Gasteiger partial charge in [-0.25, -0.2) is 0 Å². The Bertz CT molecular complexity index is 474. The van der Waals surface area contributed by atoms with Gasteiger partial charge in [0.1, 0.15) is 5.75 Å². The number of nitrogens with two attached hydrogens (primary N) is 1. The molecule has 4 nitrogen and oxygen atoms in total. The molecule has 110 valence electrons. The van der Waals surface area contributed by atoms with Gasteiger partial charge in [0.25, 0.3) is 0 Å². The molecule has 0 saturated carbocycles. The molecule has 0 heterocycles. The Labute approximate surface area is 120 Å². The number of primary amides is 1. The molecule has 2 rings (SSSR count). The number of rotatable bonds is 6. The third kappa shape index (κ3) is 3.51. The van der Waals surface area contributed by atoms with E-state index < -0.39 is 0 Å². The summed E-state index contributed by atoms with van der Waals surface area (Å²) < 4.78 is 0. The van der Waals surface area contributed by atoms with Crippen molar-refractivity contribution in [3.8, 4) is 5.75 Å². The number of unbranched alkanes of at least 4 members (excludes halogenated alkanes) is 1. The number of phenols is 1. The Morgan fingerprint density at radius 3 is 3.00 bits per heavy atom. The maximum absolute atomic E-state index is 11.3. The minimum absolute atomic E-state index is 0.249. The fourth-order valence-corrected chi connectivity index (χ4v) is 3.06. The molecule has 0 aromatic heterocycles. The molecule has 1 amide bonds. The van der Waals surface area contributed by atoms with Crippen LogP contribution in [0.1, 0.15) is 49.8 Å². The molecule has 1 atom stereocenters. The molecule has 20 heavy (non-hydrogen) atoms. The smallest absolute Gasteiger partial charge is 0.231 e. The van der Waals surface area contributed by atoms with E-state index >= 15 is 0 Å². The number of hydrogen-bond donors (Lipinski definition) is 2. The molecule has 4 heteroatoms. The number of aryl methyl sites for hydroxylation is 1. The van der Waals surface area contributed by atoms with Crippen molar-refractivity contribution in [2.45, 2.75) is 45.1 Å². The monoisotopic (exact) mass is 276 g/mol. The van der Waals surface area contributed by atoms with Crippen LogP contribution in [0.15, 0.2) is 18.2 Å². The Kier molecular flexibility index (Phi) is 5.01. The maximum Gasteiger partial charge on any atom is 0.231 e. The first-order valence-corrected chi connectivity index (χ1v) is 7.46. The maximum atomic E-state index is 11.3. The Hall–Kier alpha value is -1.55. The highest BCUT2D eigenvalue weighted by atomic mass is 16.3. The average molecular weight is 276 g/mol. The third-order valence-electron chi connectivity index (χ3n) is 4.01. The van der Waals surface area contributed by atoms with Crippen LogP contribution in [0.5, 0.6) is 5.75 Å². The van der Waals surface area contributed by atoms with E-state index in [2.05, 4.69) is 11.8 Å². The van der Waals surface area contributed by atoms with Crippen LogP contribution in [0.4, 0.5) is 0 Å². The van der Waals surface area contributed by atoms with Crippen molar-refractivity contribution in [2.24, 2.45) is 5.73 Å². The van der Waals surface area contributed by atoms with Gasteiger partial charge in [0.15, 0.2) is 0 Å². The summed E-state index contributed by atoms with van der Waals surface area (Å²) >= 11 is 0. The molecule has 0 radical (unpaired) electrons. The second-order valence-electron chi connectivity index (χ2n) is 5.58. The van der Waals surface area contributed by atoms with Gasteiger partial charge >= 0.3 is 0 Å². The summed E-state index contributed by atoms with van der Waals surface area (Å²) in [7, 11) is 0. The lowest BCUT2D eigenvalue weighted by atomic mass is 9.86. The predicted octanol–water partition coefficient (Wildman–Crippen LogP) is 2.36. The first-order valence-electron chi connectivity index (χ1n) is 7.46. The molecule has 1 aromatic carbocycles. The number of aromatic hydroxyl groups is 1. The van der Waals surface area contributed by atoms with Crippen LogP contribution in [0.2, 0.25) is 0 Å². The van der Waals surface area contributed by atoms with Gasteiger partial charge < -0.3 is 10.8 Å². The van der Waals surface area contributed by atoms with E-state index in [9.17, 15) is 9.90 Å². The van der Waals surface area contributed by atoms with Crippen molar-refractivity contribution in [1.82, 2.24) is 4.90 Å². The molecular weight excluding hydrogens is 252 g/mol. The van der Waals surface area contributed by atoms with Gasteiger partial charge in [0.05, 0.1) is 6.54 Å². The molecule has 0 aliphatic heterocycles. The van der Waals surface area contributed by atoms with Crippen LogP contribution in [0.25, 0.3) is 0 Å². The van der Waals surface area contributed by atoms with Crippen molar-refractivity contribution in [3.63, 3.8) is 0 Å². The van der Waals surface area contributed by atoms with Crippen LogP contribution < -0.4 is 5.73 Å². The number of benzene rings is 1. The minimum atomic E-state index is -0.271. The molecule has 0 bridgehead atoms. The van der Waals surface area contributed by atoms with Crippen molar-refractivity contribution in [2.75, 3.05) is 13.1 Å². The minimum Gasteiger partial charge on any atom is -0.508 e. The fourth-order valence-electron chi connectivity index (χ4n) is 3.06. The number of hydrogen-bond acceptors (Lipinski definition) is 3. The first-order chi connectivity index (χ1) is 9.61. The highest BCUT2D eigenvalue weighted by molar-refractivity contribution is 5.76. The number of phenolic OH excluding ortho intramolecular Hbond substituents is 1. The van der Waals surface area contributed by atoms with Crippen molar-refractivity contribution >= 4 is 5.91 Å². The quantitative estimate of drug-likeness (QED) is 0.838. The van der Waals surface area contributed by atoms with E-state index in [4.69, 9.17) is 5.73 Å². The van der Waals surface area contributed by atoms with E-state index in [0.717, 1.165) is 38.6 Å². The van der Waals surface area contributed by atoms with Gasteiger partial charge in [0.2, 0.25) is 5.91 Å². The average Bonchev–Trinajstić information content (AvgIpc) is 2.42. The lowest BCUT2D eigenvalue weighted by Gasteiger charge is -2.35. The molecule has 1 aliphatic rings. The summed E-state index contributed by atoms with van der Waals surface area (Å²) in [6, 6.07) is 5.83. The SMILES string of the molecule is CCCCN(CC(N)=O)C1CCCc2cc(O)ccc21. The van der Waals surface area contributed by atoms with Gasteiger partial charge in [0, 0.05) is 6.04 Å².